The maximum atomic E-state index is 11.8. The first-order chi connectivity index (χ1) is 8.48. The van der Waals surface area contributed by atoms with Gasteiger partial charge in [0.2, 0.25) is 15.9 Å². The van der Waals surface area contributed by atoms with Crippen molar-refractivity contribution in [1.29, 1.82) is 0 Å². The molecule has 0 bridgehead atoms. The van der Waals surface area contributed by atoms with Crippen molar-refractivity contribution < 1.29 is 13.2 Å². The van der Waals surface area contributed by atoms with Crippen molar-refractivity contribution in [2.45, 2.75) is 37.8 Å². The molecule has 0 aromatic heterocycles. The summed E-state index contributed by atoms with van der Waals surface area (Å²) in [6, 6.07) is -0.177. The Morgan fingerprint density at radius 2 is 2.11 bits per heavy atom. The number of halogens is 1. The van der Waals surface area contributed by atoms with Crippen molar-refractivity contribution in [2.24, 2.45) is 0 Å². The molecule has 1 unspecified atom stereocenters. The minimum absolute atomic E-state index is 0. The highest BCUT2D eigenvalue weighted by Gasteiger charge is 2.32. The van der Waals surface area contributed by atoms with E-state index in [0.29, 0.717) is 13.1 Å². The predicted molar refractivity (Wildman–Crippen MR) is 75.9 cm³/mol. The molecule has 2 saturated heterocycles. The molecule has 2 aliphatic rings. The Labute approximate surface area is 120 Å². The van der Waals surface area contributed by atoms with Gasteiger partial charge in [0.1, 0.15) is 0 Å². The fourth-order valence-corrected chi connectivity index (χ4v) is 3.88. The smallest absolute Gasteiger partial charge is 0.237 e. The molecule has 0 aromatic rings. The van der Waals surface area contributed by atoms with Gasteiger partial charge in [-0.05, 0) is 32.2 Å². The van der Waals surface area contributed by atoms with Crippen molar-refractivity contribution >= 4 is 28.3 Å². The minimum Gasteiger partial charge on any atom is -0.353 e. The number of sulfonamides is 1. The number of rotatable bonds is 4. The van der Waals surface area contributed by atoms with Crippen molar-refractivity contribution in [2.75, 3.05) is 25.9 Å². The molecule has 0 spiro atoms. The third-order valence-corrected chi connectivity index (χ3v) is 4.97. The summed E-state index contributed by atoms with van der Waals surface area (Å²) >= 11 is 0. The second-order valence-electron chi connectivity index (χ2n) is 5.06. The van der Waals surface area contributed by atoms with Crippen molar-refractivity contribution in [3.05, 3.63) is 0 Å². The molecular weight excluding hydrogens is 290 g/mol. The monoisotopic (exact) mass is 311 g/mol. The van der Waals surface area contributed by atoms with E-state index in [9.17, 15) is 13.2 Å². The molecule has 0 saturated carbocycles. The largest absolute Gasteiger partial charge is 0.353 e. The number of hydrogen-bond acceptors (Lipinski definition) is 4. The molecular formula is C11H22ClN3O3S. The number of carbonyl (C=O) groups excluding carboxylic acids is 1. The van der Waals surface area contributed by atoms with Crippen LogP contribution >= 0.6 is 12.4 Å². The van der Waals surface area contributed by atoms with Crippen LogP contribution in [0.1, 0.15) is 25.7 Å². The van der Waals surface area contributed by atoms with E-state index in [-0.39, 0.29) is 30.4 Å². The lowest BCUT2D eigenvalue weighted by molar-refractivity contribution is -0.122. The Bertz CT molecular complexity index is 409. The molecule has 2 heterocycles. The van der Waals surface area contributed by atoms with E-state index in [1.54, 1.807) is 0 Å². The van der Waals surface area contributed by atoms with E-state index >= 15 is 0 Å². The van der Waals surface area contributed by atoms with Gasteiger partial charge in [-0.25, -0.2) is 8.42 Å². The molecule has 0 aromatic carbocycles. The summed E-state index contributed by atoms with van der Waals surface area (Å²) in [5, 5.41) is 5.99. The van der Waals surface area contributed by atoms with Crippen molar-refractivity contribution in [1.82, 2.24) is 14.9 Å². The second kappa shape index (κ2) is 6.88. The summed E-state index contributed by atoms with van der Waals surface area (Å²) in [6.07, 6.45) is 4.82. The number of nitrogens with zero attached hydrogens (tertiary/aromatic N) is 1. The summed E-state index contributed by atoms with van der Waals surface area (Å²) in [7, 11) is -3.15. The maximum Gasteiger partial charge on any atom is 0.237 e. The summed E-state index contributed by atoms with van der Waals surface area (Å²) in [4.78, 5) is 11.8. The SMILES string of the molecule is CS(=O)(=O)N1CCC[C@@H]1CNC(=O)C1CCCN1.Cl. The van der Waals surface area contributed by atoms with Gasteiger partial charge in [-0.2, -0.15) is 4.31 Å². The molecule has 19 heavy (non-hydrogen) atoms. The standard InChI is InChI=1S/C11H21N3O3S.ClH/c1-18(16,17)14-7-3-4-9(14)8-13-11(15)10-5-2-6-12-10;/h9-10,12H,2-8H2,1H3,(H,13,15);1H/t9-,10?;/m1./s1. The highest BCUT2D eigenvalue weighted by Crippen LogP contribution is 2.19. The molecule has 0 radical (unpaired) electrons. The Morgan fingerprint density at radius 1 is 1.37 bits per heavy atom. The van der Waals surface area contributed by atoms with Crippen LogP contribution in [0.3, 0.4) is 0 Å². The summed E-state index contributed by atoms with van der Waals surface area (Å²) in [5.41, 5.74) is 0. The molecule has 2 aliphatic heterocycles. The molecule has 6 nitrogen and oxygen atoms in total. The molecule has 2 fully saturated rings. The van der Waals surface area contributed by atoms with Gasteiger partial charge >= 0.3 is 0 Å². The number of hydrogen-bond donors (Lipinski definition) is 2. The van der Waals surface area contributed by atoms with Gasteiger partial charge in [-0.3, -0.25) is 4.79 Å². The first-order valence-corrected chi connectivity index (χ1v) is 8.31. The van der Waals surface area contributed by atoms with Gasteiger partial charge in [-0.1, -0.05) is 0 Å². The third kappa shape index (κ3) is 4.30. The van der Waals surface area contributed by atoms with Crippen molar-refractivity contribution in [3.8, 4) is 0 Å². The van der Waals surface area contributed by atoms with E-state index in [0.717, 1.165) is 32.2 Å². The lowest BCUT2D eigenvalue weighted by atomic mass is 10.2. The zero-order valence-electron chi connectivity index (χ0n) is 11.1. The van der Waals surface area contributed by atoms with E-state index in [1.807, 2.05) is 0 Å². The van der Waals surface area contributed by atoms with Crippen LogP contribution in [-0.4, -0.2) is 56.6 Å². The first kappa shape index (κ1) is 16.7. The zero-order valence-corrected chi connectivity index (χ0v) is 12.7. The number of amides is 1. The number of carbonyl (C=O) groups is 1. The Kier molecular flexibility index (Phi) is 6.04. The highest BCUT2D eigenvalue weighted by atomic mass is 35.5. The van der Waals surface area contributed by atoms with Gasteiger partial charge in [0.15, 0.2) is 0 Å². The molecule has 1 amide bonds. The van der Waals surface area contributed by atoms with Gasteiger partial charge in [0, 0.05) is 19.1 Å². The molecule has 2 rings (SSSR count). The van der Waals surface area contributed by atoms with Crippen LogP contribution in [0.15, 0.2) is 0 Å². The highest BCUT2D eigenvalue weighted by molar-refractivity contribution is 7.88. The molecule has 2 N–H and O–H groups in total. The fraction of sp³-hybridized carbons (Fsp3) is 0.909. The topological polar surface area (TPSA) is 78.5 Å². The average Bonchev–Trinajstić information content (AvgIpc) is 2.95. The third-order valence-electron chi connectivity index (χ3n) is 3.64. The predicted octanol–water partition coefficient (Wildman–Crippen LogP) is -0.300. The minimum atomic E-state index is -3.15. The number of nitrogens with one attached hydrogen (secondary N) is 2. The van der Waals surface area contributed by atoms with Crippen LogP contribution in [0.4, 0.5) is 0 Å². The molecule has 112 valence electrons. The molecule has 2 atom stereocenters. The summed E-state index contributed by atoms with van der Waals surface area (Å²) in [6.45, 7) is 1.88. The van der Waals surface area contributed by atoms with Crippen molar-refractivity contribution in [3.63, 3.8) is 0 Å². The lowest BCUT2D eigenvalue weighted by Gasteiger charge is -2.23. The first-order valence-electron chi connectivity index (χ1n) is 6.46. The average molecular weight is 312 g/mol. The van der Waals surface area contributed by atoms with E-state index in [1.165, 1.54) is 10.6 Å². The van der Waals surface area contributed by atoms with E-state index in [4.69, 9.17) is 0 Å². The Balaban J connectivity index is 0.00000180. The van der Waals surface area contributed by atoms with E-state index in [2.05, 4.69) is 10.6 Å². The van der Waals surface area contributed by atoms with Gasteiger partial charge in [-0.15, -0.1) is 12.4 Å². The quantitative estimate of drug-likeness (QED) is 0.747. The zero-order chi connectivity index (χ0) is 13.2. The van der Waals surface area contributed by atoms with Crippen LogP contribution in [-0.2, 0) is 14.8 Å². The molecule has 8 heteroatoms. The van der Waals surface area contributed by atoms with Gasteiger partial charge < -0.3 is 10.6 Å². The van der Waals surface area contributed by atoms with E-state index < -0.39 is 10.0 Å². The summed E-state index contributed by atoms with van der Waals surface area (Å²) < 4.78 is 24.6. The fourth-order valence-electron chi connectivity index (χ4n) is 2.70. The maximum absolute atomic E-state index is 11.8. The Hall–Kier alpha value is -0.370. The lowest BCUT2D eigenvalue weighted by Crippen LogP contribution is -2.47. The van der Waals surface area contributed by atoms with Crippen LogP contribution in [0, 0.1) is 0 Å². The van der Waals surface area contributed by atoms with Crippen LogP contribution in [0.25, 0.3) is 0 Å². The second-order valence-corrected chi connectivity index (χ2v) is 7.00. The van der Waals surface area contributed by atoms with Gasteiger partial charge in [0.25, 0.3) is 0 Å². The van der Waals surface area contributed by atoms with Crippen LogP contribution in [0.2, 0.25) is 0 Å². The normalized spacial score (nSPS) is 28.1. The van der Waals surface area contributed by atoms with Gasteiger partial charge in [0.05, 0.1) is 12.3 Å². The van der Waals surface area contributed by atoms with Crippen LogP contribution in [0.5, 0.6) is 0 Å². The molecule has 0 aliphatic carbocycles. The summed E-state index contributed by atoms with van der Waals surface area (Å²) in [5.74, 6) is -0.00662. The Morgan fingerprint density at radius 3 is 2.68 bits per heavy atom. The van der Waals surface area contributed by atoms with Crippen LogP contribution < -0.4 is 10.6 Å².